The second-order valence-electron chi connectivity index (χ2n) is 8.08. The molecule has 166 valence electrons. The first-order chi connectivity index (χ1) is 16.0. The zero-order valence-corrected chi connectivity index (χ0v) is 19.1. The molecule has 6 heteroatoms. The van der Waals surface area contributed by atoms with Crippen molar-refractivity contribution in [2.24, 2.45) is 5.41 Å². The maximum Gasteiger partial charge on any atom is 0.263 e. The third-order valence-corrected chi connectivity index (χ3v) is 6.66. The average Bonchev–Trinajstić information content (AvgIpc) is 3.10. The normalized spacial score (nSPS) is 16.0. The van der Waals surface area contributed by atoms with Gasteiger partial charge in [-0.15, -0.1) is 11.6 Å². The molecule has 3 aromatic rings. The summed E-state index contributed by atoms with van der Waals surface area (Å²) in [6, 6.07) is 27.2. The number of unbranched alkanes of at least 4 members (excludes halogenated alkanes) is 1. The van der Waals surface area contributed by atoms with Crippen LogP contribution in [0.3, 0.4) is 0 Å². The summed E-state index contributed by atoms with van der Waals surface area (Å²) in [4.78, 5) is 28.4. The minimum atomic E-state index is -1.47. The number of hydrazine groups is 1. The predicted octanol–water partition coefficient (Wildman–Crippen LogP) is 6.01. The van der Waals surface area contributed by atoms with Crippen molar-refractivity contribution in [2.45, 2.75) is 31.6 Å². The van der Waals surface area contributed by atoms with Gasteiger partial charge in [-0.2, -0.15) is 5.26 Å². The summed E-state index contributed by atoms with van der Waals surface area (Å²) in [6.07, 6.45) is 1.81. The average molecular weight is 458 g/mol. The van der Waals surface area contributed by atoms with Crippen molar-refractivity contribution in [3.05, 3.63) is 96.1 Å². The fraction of sp³-hybridized carbons (Fsp3) is 0.222. The van der Waals surface area contributed by atoms with Crippen molar-refractivity contribution in [1.29, 1.82) is 5.26 Å². The molecule has 0 radical (unpaired) electrons. The molecule has 0 bridgehead atoms. The molecule has 5 nitrogen and oxygen atoms in total. The number of para-hydroxylation sites is 2. The van der Waals surface area contributed by atoms with E-state index in [0.29, 0.717) is 35.3 Å². The van der Waals surface area contributed by atoms with E-state index in [1.807, 2.05) is 67.6 Å². The Hall–Kier alpha value is -3.62. The summed E-state index contributed by atoms with van der Waals surface area (Å²) < 4.78 is 0. The summed E-state index contributed by atoms with van der Waals surface area (Å²) in [5, 5.41) is 11.2. The van der Waals surface area contributed by atoms with Crippen LogP contribution in [0.15, 0.2) is 84.9 Å². The first-order valence-corrected chi connectivity index (χ1v) is 11.4. The summed E-state index contributed by atoms with van der Waals surface area (Å²) in [7, 11) is 0. The van der Waals surface area contributed by atoms with Gasteiger partial charge in [-0.1, -0.05) is 68.3 Å². The lowest BCUT2D eigenvalue weighted by molar-refractivity contribution is -0.135. The van der Waals surface area contributed by atoms with Crippen molar-refractivity contribution in [3.63, 3.8) is 0 Å². The summed E-state index contributed by atoms with van der Waals surface area (Å²) in [6.45, 7) is 2.02. The zero-order chi connectivity index (χ0) is 23.4. The van der Waals surface area contributed by atoms with Crippen LogP contribution in [0.2, 0.25) is 0 Å². The Bertz CT molecular complexity index is 1120. The highest BCUT2D eigenvalue weighted by atomic mass is 35.5. The van der Waals surface area contributed by atoms with E-state index in [9.17, 15) is 9.59 Å². The number of hydrogen-bond acceptors (Lipinski definition) is 3. The molecule has 4 rings (SSSR count). The van der Waals surface area contributed by atoms with Gasteiger partial charge in [0.25, 0.3) is 11.8 Å². The molecule has 1 unspecified atom stereocenters. The maximum absolute atomic E-state index is 14.2. The number of benzene rings is 3. The lowest BCUT2D eigenvalue weighted by atomic mass is 9.75. The minimum absolute atomic E-state index is 0.321. The van der Waals surface area contributed by atoms with E-state index in [2.05, 4.69) is 6.07 Å². The van der Waals surface area contributed by atoms with Crippen molar-refractivity contribution in [2.75, 3.05) is 10.0 Å². The van der Waals surface area contributed by atoms with Crippen molar-refractivity contribution in [3.8, 4) is 6.07 Å². The first kappa shape index (κ1) is 22.6. The molecule has 0 aliphatic carbocycles. The topological polar surface area (TPSA) is 64.4 Å². The van der Waals surface area contributed by atoms with Crippen molar-refractivity contribution in [1.82, 2.24) is 0 Å². The Morgan fingerprint density at radius 3 is 1.76 bits per heavy atom. The maximum atomic E-state index is 14.2. The summed E-state index contributed by atoms with van der Waals surface area (Å²) in [5.74, 6) is -0.694. The van der Waals surface area contributed by atoms with Gasteiger partial charge in [0.05, 0.1) is 28.4 Å². The number of carbonyl (C=O) groups is 2. The molecular weight excluding hydrogens is 434 g/mol. The lowest BCUT2D eigenvalue weighted by Crippen LogP contribution is -2.41. The molecule has 1 saturated heterocycles. The van der Waals surface area contributed by atoms with E-state index in [1.54, 1.807) is 24.3 Å². The van der Waals surface area contributed by atoms with Crippen LogP contribution >= 0.6 is 11.6 Å². The number of nitriles is 1. The first-order valence-electron chi connectivity index (χ1n) is 11.0. The highest BCUT2D eigenvalue weighted by Gasteiger charge is 2.62. The second kappa shape index (κ2) is 9.48. The summed E-state index contributed by atoms with van der Waals surface area (Å²) in [5.41, 5.74) is 0.850. The van der Waals surface area contributed by atoms with Gasteiger partial charge < -0.3 is 0 Å². The fourth-order valence-electron chi connectivity index (χ4n) is 4.28. The Morgan fingerprint density at radius 2 is 1.33 bits per heavy atom. The van der Waals surface area contributed by atoms with Gasteiger partial charge in [0.15, 0.2) is 5.41 Å². The molecule has 1 atom stereocenters. The van der Waals surface area contributed by atoms with Crippen molar-refractivity contribution >= 4 is 34.8 Å². The summed E-state index contributed by atoms with van der Waals surface area (Å²) >= 11 is 7.02. The van der Waals surface area contributed by atoms with Gasteiger partial charge in [0, 0.05) is 0 Å². The molecule has 1 heterocycles. The number of carbonyl (C=O) groups excluding carboxylic acids is 2. The Labute approximate surface area is 198 Å². The molecule has 33 heavy (non-hydrogen) atoms. The number of anilines is 2. The molecule has 0 saturated carbocycles. The molecule has 1 aliphatic rings. The lowest BCUT2D eigenvalue weighted by Gasteiger charge is -2.29. The highest BCUT2D eigenvalue weighted by molar-refractivity contribution is 6.33. The molecule has 2 amide bonds. The van der Waals surface area contributed by atoms with E-state index >= 15 is 0 Å². The van der Waals surface area contributed by atoms with Gasteiger partial charge in [-0.05, 0) is 48.4 Å². The van der Waals surface area contributed by atoms with Gasteiger partial charge >= 0.3 is 0 Å². The van der Waals surface area contributed by atoms with E-state index < -0.39 is 10.8 Å². The number of amides is 2. The zero-order valence-electron chi connectivity index (χ0n) is 18.3. The van der Waals surface area contributed by atoms with Crippen LogP contribution in [-0.4, -0.2) is 11.8 Å². The van der Waals surface area contributed by atoms with Crippen LogP contribution in [0.1, 0.15) is 42.7 Å². The van der Waals surface area contributed by atoms with Crippen LogP contribution in [0, 0.1) is 16.7 Å². The van der Waals surface area contributed by atoms with E-state index in [4.69, 9.17) is 16.9 Å². The number of alkyl halides is 1. The molecule has 3 aromatic carbocycles. The van der Waals surface area contributed by atoms with Crippen LogP contribution in [0.4, 0.5) is 11.4 Å². The Balaban J connectivity index is 1.89. The molecule has 0 spiro atoms. The van der Waals surface area contributed by atoms with Crippen LogP contribution in [-0.2, 0) is 9.59 Å². The molecule has 0 N–H and O–H groups in total. The molecule has 0 aromatic heterocycles. The molecule has 1 aliphatic heterocycles. The molecule has 1 fully saturated rings. The number of rotatable bonds is 7. The van der Waals surface area contributed by atoms with E-state index in [0.717, 1.165) is 6.42 Å². The van der Waals surface area contributed by atoms with E-state index in [-0.39, 0.29) is 11.8 Å². The largest absolute Gasteiger partial charge is 0.271 e. The number of nitrogens with zero attached hydrogens (tertiary/aromatic N) is 3. The number of hydrogen-bond donors (Lipinski definition) is 0. The van der Waals surface area contributed by atoms with Gasteiger partial charge in [0.1, 0.15) is 0 Å². The fourth-order valence-corrected chi connectivity index (χ4v) is 4.72. The second-order valence-corrected chi connectivity index (χ2v) is 8.51. The smallest absolute Gasteiger partial charge is 0.263 e. The SMILES string of the molecule is CCCCC1(C(Cl)c2ccc(C#N)cc2)C(=O)N(c2ccccc2)N(c2ccccc2)C1=O. The van der Waals surface area contributed by atoms with Crippen LogP contribution in [0.25, 0.3) is 0 Å². The van der Waals surface area contributed by atoms with Gasteiger partial charge in [-0.3, -0.25) is 9.59 Å². The van der Waals surface area contributed by atoms with Gasteiger partial charge in [0.2, 0.25) is 0 Å². The predicted molar refractivity (Wildman–Crippen MR) is 130 cm³/mol. The minimum Gasteiger partial charge on any atom is -0.271 e. The van der Waals surface area contributed by atoms with Crippen LogP contribution in [0.5, 0.6) is 0 Å². The third kappa shape index (κ3) is 3.88. The van der Waals surface area contributed by atoms with Crippen molar-refractivity contribution < 1.29 is 9.59 Å². The molecular formula is C27H24ClN3O2. The Kier molecular flexibility index (Phi) is 6.48. The van der Waals surface area contributed by atoms with Gasteiger partial charge in [-0.25, -0.2) is 10.0 Å². The standard InChI is InChI=1S/C27H24ClN3O2/c1-2-3-18-27(24(28)21-16-14-20(19-29)15-17-21)25(32)30(22-10-6-4-7-11-22)31(26(27)33)23-12-8-5-9-13-23/h4-17,24H,2-3,18H2,1H3. The highest BCUT2D eigenvalue weighted by Crippen LogP contribution is 2.51. The van der Waals surface area contributed by atoms with Crippen LogP contribution < -0.4 is 10.0 Å². The van der Waals surface area contributed by atoms with E-state index in [1.165, 1.54) is 10.0 Å². The quantitative estimate of drug-likeness (QED) is 0.322. The number of halogens is 1. The third-order valence-electron chi connectivity index (χ3n) is 6.04. The Morgan fingerprint density at radius 1 is 0.848 bits per heavy atom. The monoisotopic (exact) mass is 457 g/mol.